The smallest absolute Gasteiger partial charge is 0.342 e. The number of nitriles is 1. The summed E-state index contributed by atoms with van der Waals surface area (Å²) >= 11 is 1.04. The van der Waals surface area contributed by atoms with E-state index in [0.29, 0.717) is 16.9 Å². The maximum absolute atomic E-state index is 14.0. The molecule has 1 amide bonds. The van der Waals surface area contributed by atoms with E-state index in [4.69, 9.17) is 14.5 Å². The Morgan fingerprint density at radius 1 is 1.15 bits per heavy atom. The predicted octanol–water partition coefficient (Wildman–Crippen LogP) is 5.19. The van der Waals surface area contributed by atoms with Crippen LogP contribution in [0.1, 0.15) is 31.9 Å². The van der Waals surface area contributed by atoms with Crippen LogP contribution in [0, 0.1) is 17.2 Å². The molecule has 0 radical (unpaired) electrons. The topological polar surface area (TPSA) is 83.4 Å². The second-order valence-electron chi connectivity index (χ2n) is 7.67. The number of benzene rings is 2. The van der Waals surface area contributed by atoms with E-state index in [1.54, 1.807) is 48.7 Å². The number of halogens is 3. The van der Waals surface area contributed by atoms with Crippen molar-refractivity contribution in [2.45, 2.75) is 38.5 Å². The third-order valence-corrected chi connectivity index (χ3v) is 4.87. The first-order valence-corrected chi connectivity index (χ1v) is 11.4. The number of alkyl halides is 3. The highest BCUT2D eigenvalue weighted by Crippen LogP contribution is 2.35. The largest absolute Gasteiger partial charge is 0.407 e. The van der Waals surface area contributed by atoms with Gasteiger partial charge in [0.2, 0.25) is 5.91 Å². The molecule has 0 spiro atoms. The van der Waals surface area contributed by atoms with E-state index in [-0.39, 0.29) is 24.4 Å². The van der Waals surface area contributed by atoms with E-state index in [0.717, 1.165) is 12.0 Å². The minimum Gasteiger partial charge on any atom is -0.342 e. The van der Waals surface area contributed by atoms with E-state index in [2.05, 4.69) is 10.6 Å². The Bertz CT molecular complexity index is 946. The van der Waals surface area contributed by atoms with Gasteiger partial charge < -0.3 is 10.2 Å². The molecule has 33 heavy (non-hydrogen) atoms. The van der Waals surface area contributed by atoms with Crippen LogP contribution in [0.3, 0.4) is 0 Å². The minimum atomic E-state index is -4.64. The molecule has 0 fully saturated rings. The second kappa shape index (κ2) is 12.5. The highest BCUT2D eigenvalue weighted by Gasteiger charge is 2.43. The van der Waals surface area contributed by atoms with E-state index in [1.165, 1.54) is 12.1 Å². The first-order chi connectivity index (χ1) is 15.7. The molecule has 0 aromatic heterocycles. The van der Waals surface area contributed by atoms with Gasteiger partial charge in [-0.25, -0.2) is 0 Å². The molecule has 0 saturated heterocycles. The molecule has 6 nitrogen and oxygen atoms in total. The molecule has 2 N–H and O–H groups in total. The predicted molar refractivity (Wildman–Crippen MR) is 121 cm³/mol. The van der Waals surface area contributed by atoms with Gasteiger partial charge in [0, 0.05) is 18.3 Å². The molecule has 10 heteroatoms. The van der Waals surface area contributed by atoms with Crippen molar-refractivity contribution in [3.63, 3.8) is 0 Å². The fourth-order valence-corrected chi connectivity index (χ4v) is 3.37. The van der Waals surface area contributed by atoms with Crippen LogP contribution in [0.2, 0.25) is 0 Å². The van der Waals surface area contributed by atoms with E-state index in [1.807, 2.05) is 13.8 Å². The van der Waals surface area contributed by atoms with Crippen molar-refractivity contribution >= 4 is 17.9 Å². The van der Waals surface area contributed by atoms with Crippen molar-refractivity contribution in [3.05, 3.63) is 54.1 Å². The van der Waals surface area contributed by atoms with Crippen LogP contribution in [0.4, 0.5) is 13.2 Å². The third-order valence-electron chi connectivity index (χ3n) is 4.67. The van der Waals surface area contributed by atoms with Crippen LogP contribution in [0.15, 0.2) is 48.5 Å². The van der Waals surface area contributed by atoms with Gasteiger partial charge in [-0.2, -0.15) is 18.4 Å². The Balaban J connectivity index is 2.32. The summed E-state index contributed by atoms with van der Waals surface area (Å²) in [6.07, 6.45) is -2.76. The quantitative estimate of drug-likeness (QED) is 0.199. The second-order valence-corrected chi connectivity index (χ2v) is 8.14. The van der Waals surface area contributed by atoms with E-state index < -0.39 is 24.2 Å². The number of hydrogen-bond donors (Lipinski definition) is 2. The molecule has 178 valence electrons. The number of hydrogen-bond acceptors (Lipinski definition) is 6. The Morgan fingerprint density at radius 2 is 1.85 bits per heavy atom. The average molecular weight is 482 g/mol. The summed E-state index contributed by atoms with van der Waals surface area (Å²) < 4.78 is 46.9. The molecule has 0 aliphatic carbocycles. The Labute approximate surface area is 195 Å². The molecule has 1 unspecified atom stereocenters. The van der Waals surface area contributed by atoms with Crippen molar-refractivity contribution in [2.24, 2.45) is 5.92 Å². The van der Waals surface area contributed by atoms with Gasteiger partial charge in [-0.1, -0.05) is 44.2 Å². The zero-order valence-electron chi connectivity index (χ0n) is 18.5. The van der Waals surface area contributed by atoms with Crippen molar-refractivity contribution in [1.29, 1.82) is 5.26 Å². The summed E-state index contributed by atoms with van der Waals surface area (Å²) in [6.45, 7) is 3.35. The van der Waals surface area contributed by atoms with Gasteiger partial charge >= 0.3 is 6.18 Å². The maximum Gasteiger partial charge on any atom is 0.407 e. The number of amides is 1. The van der Waals surface area contributed by atoms with Gasteiger partial charge in [0.25, 0.3) is 0 Å². The molecular weight excluding hydrogens is 455 g/mol. The fourth-order valence-electron chi connectivity index (χ4n) is 3.23. The third kappa shape index (κ3) is 8.28. The van der Waals surface area contributed by atoms with Crippen molar-refractivity contribution in [1.82, 2.24) is 10.6 Å². The maximum atomic E-state index is 14.0. The van der Waals surface area contributed by atoms with Gasteiger partial charge in [-0.3, -0.25) is 10.1 Å². The summed E-state index contributed by atoms with van der Waals surface area (Å²) in [5.74, 6) is -0.218. The molecule has 2 aromatic carbocycles. The average Bonchev–Trinajstić information content (AvgIpc) is 2.78. The van der Waals surface area contributed by atoms with Crippen LogP contribution in [-0.4, -0.2) is 30.9 Å². The summed E-state index contributed by atoms with van der Waals surface area (Å²) in [4.78, 5) is 17.4. The molecule has 0 saturated carbocycles. The fraction of sp³-hybridized carbons (Fsp3) is 0.391. The van der Waals surface area contributed by atoms with Crippen molar-refractivity contribution in [3.8, 4) is 22.9 Å². The standard InChI is InChI=1S/C23H26F3N3O3S/c1-15(2)13-20(22(30)28-12-11-27)29-21(23(24,25)26)18-6-4-5-17(14-18)16-7-9-19(10-8-16)31-32-33-3/h4-10,14-15,20-21,29H,12-13H2,1-3H3,(H,28,30)/t20-,21?/m0/s1. The minimum absolute atomic E-state index is 0.0205. The van der Waals surface area contributed by atoms with Crippen molar-refractivity contribution in [2.75, 3.05) is 12.8 Å². The van der Waals surface area contributed by atoms with Gasteiger partial charge in [0.1, 0.15) is 12.6 Å². The summed E-state index contributed by atoms with van der Waals surface area (Å²) in [5.41, 5.74) is 1.25. The zero-order chi connectivity index (χ0) is 24.4. The number of rotatable bonds is 11. The summed E-state index contributed by atoms with van der Waals surface area (Å²) in [6, 6.07) is 11.4. The molecule has 0 aliphatic rings. The SMILES string of the molecule is CSOOc1ccc(-c2cccc(C(N[C@@H](CC(C)C)C(=O)NCC#N)C(F)(F)F)c2)cc1. The normalized spacial score (nSPS) is 13.3. The van der Waals surface area contributed by atoms with Crippen LogP contribution < -0.4 is 15.5 Å². The molecule has 2 rings (SSSR count). The Kier molecular flexibility index (Phi) is 10.0. The summed E-state index contributed by atoms with van der Waals surface area (Å²) in [7, 11) is 0. The van der Waals surface area contributed by atoms with Gasteiger partial charge in [-0.15, -0.1) is 4.33 Å². The first-order valence-electron chi connectivity index (χ1n) is 10.2. The highest BCUT2D eigenvalue weighted by molar-refractivity contribution is 7.93. The van der Waals surface area contributed by atoms with Gasteiger partial charge in [-0.05, 0) is 47.2 Å². The van der Waals surface area contributed by atoms with E-state index >= 15 is 0 Å². The number of nitrogens with zero attached hydrogens (tertiary/aromatic N) is 1. The lowest BCUT2D eigenvalue weighted by Gasteiger charge is -2.28. The lowest BCUT2D eigenvalue weighted by atomic mass is 9.96. The van der Waals surface area contributed by atoms with Gasteiger partial charge in [0.05, 0.1) is 12.1 Å². The molecule has 2 aromatic rings. The lowest BCUT2D eigenvalue weighted by molar-refractivity contribution is -0.161. The Morgan fingerprint density at radius 3 is 2.42 bits per heavy atom. The number of carbonyl (C=O) groups is 1. The van der Waals surface area contributed by atoms with Crippen LogP contribution in [0.25, 0.3) is 11.1 Å². The molecule has 0 aliphatic heterocycles. The first kappa shape index (κ1) is 26.5. The molecule has 0 heterocycles. The zero-order valence-corrected chi connectivity index (χ0v) is 19.3. The molecule has 0 bridgehead atoms. The highest BCUT2D eigenvalue weighted by atomic mass is 32.2. The van der Waals surface area contributed by atoms with Crippen LogP contribution in [0.5, 0.6) is 5.75 Å². The van der Waals surface area contributed by atoms with Crippen LogP contribution >= 0.6 is 12.0 Å². The van der Waals surface area contributed by atoms with Gasteiger partial charge in [0.15, 0.2) is 5.75 Å². The lowest BCUT2D eigenvalue weighted by Crippen LogP contribution is -2.49. The van der Waals surface area contributed by atoms with Crippen molar-refractivity contribution < 1.29 is 27.2 Å². The molecule has 2 atom stereocenters. The number of nitrogens with one attached hydrogen (secondary N) is 2. The van der Waals surface area contributed by atoms with E-state index in [9.17, 15) is 18.0 Å². The monoisotopic (exact) mass is 481 g/mol. The summed E-state index contributed by atoms with van der Waals surface area (Å²) in [5, 5.41) is 13.5. The van der Waals surface area contributed by atoms with Crippen LogP contribution in [-0.2, 0) is 9.13 Å². The number of carbonyl (C=O) groups excluding carboxylic acids is 1. The molecular formula is C23H26F3N3O3S. The Hall–Kier alpha value is -2.74.